The maximum atomic E-state index is 12.0. The van der Waals surface area contributed by atoms with E-state index in [4.69, 9.17) is 9.15 Å². The van der Waals surface area contributed by atoms with E-state index < -0.39 is 0 Å². The number of amides is 1. The number of aryl methyl sites for hydroxylation is 1. The number of rotatable bonds is 6. The molecule has 25 heavy (non-hydrogen) atoms. The summed E-state index contributed by atoms with van der Waals surface area (Å²) in [6.45, 7) is 6.17. The predicted molar refractivity (Wildman–Crippen MR) is 98.3 cm³/mol. The summed E-state index contributed by atoms with van der Waals surface area (Å²) in [6.07, 6.45) is 0.212. The number of furan rings is 1. The Bertz CT molecular complexity index is 927. The zero-order chi connectivity index (χ0) is 17.8. The average Bonchev–Trinajstić information content (AvgIpc) is 3.19. The highest BCUT2D eigenvalue weighted by atomic mass is 32.1. The minimum absolute atomic E-state index is 0.209. The molecule has 1 amide bonds. The number of ether oxygens (including phenoxy) is 1. The highest BCUT2D eigenvalue weighted by Crippen LogP contribution is 2.29. The van der Waals surface area contributed by atoms with Crippen molar-refractivity contribution >= 4 is 33.9 Å². The summed E-state index contributed by atoms with van der Waals surface area (Å²) in [4.78, 5) is 16.2. The molecule has 7 heteroatoms. The molecule has 0 bridgehead atoms. The zero-order valence-electron chi connectivity index (χ0n) is 14.3. The van der Waals surface area contributed by atoms with E-state index in [1.54, 1.807) is 6.92 Å². The molecule has 0 aliphatic heterocycles. The van der Waals surface area contributed by atoms with Crippen molar-refractivity contribution in [1.82, 2.24) is 10.4 Å². The van der Waals surface area contributed by atoms with Gasteiger partial charge in [0.15, 0.2) is 17.1 Å². The van der Waals surface area contributed by atoms with Gasteiger partial charge >= 0.3 is 0 Å². The highest BCUT2D eigenvalue weighted by Gasteiger charge is 2.12. The molecule has 3 aromatic rings. The molecule has 0 atom stereocenters. The van der Waals surface area contributed by atoms with Gasteiger partial charge in [-0.15, -0.1) is 11.3 Å². The van der Waals surface area contributed by atoms with Crippen molar-refractivity contribution < 1.29 is 13.9 Å². The van der Waals surface area contributed by atoms with Crippen molar-refractivity contribution in [2.75, 3.05) is 6.61 Å². The van der Waals surface area contributed by atoms with Gasteiger partial charge < -0.3 is 9.15 Å². The second-order valence-corrected chi connectivity index (χ2v) is 6.45. The maximum absolute atomic E-state index is 12.0. The zero-order valence-corrected chi connectivity index (χ0v) is 15.1. The van der Waals surface area contributed by atoms with Crippen LogP contribution < -0.4 is 10.2 Å². The number of fused-ring (bicyclic) bond motifs is 1. The van der Waals surface area contributed by atoms with Gasteiger partial charge in [0.1, 0.15) is 10.7 Å². The number of para-hydroxylation sites is 1. The summed E-state index contributed by atoms with van der Waals surface area (Å²) < 4.78 is 11.4. The van der Waals surface area contributed by atoms with Crippen LogP contribution in [0.4, 0.5) is 0 Å². The van der Waals surface area contributed by atoms with E-state index in [0.717, 1.165) is 16.1 Å². The number of hydrogen-bond acceptors (Lipinski definition) is 6. The van der Waals surface area contributed by atoms with Crippen LogP contribution in [-0.2, 0) is 11.2 Å². The van der Waals surface area contributed by atoms with Gasteiger partial charge in [-0.05, 0) is 32.9 Å². The Labute approximate surface area is 149 Å². The summed E-state index contributed by atoms with van der Waals surface area (Å²) in [5, 5.41) is 7.75. The molecular formula is C18H19N3O3S. The minimum Gasteiger partial charge on any atom is -0.490 e. The Morgan fingerprint density at radius 2 is 2.28 bits per heavy atom. The van der Waals surface area contributed by atoms with Crippen LogP contribution in [0.5, 0.6) is 5.75 Å². The summed E-state index contributed by atoms with van der Waals surface area (Å²) in [6, 6.07) is 7.61. The first-order valence-electron chi connectivity index (χ1n) is 7.96. The first-order valence-corrected chi connectivity index (χ1v) is 8.84. The summed E-state index contributed by atoms with van der Waals surface area (Å²) in [5.41, 5.74) is 4.73. The van der Waals surface area contributed by atoms with Crippen LogP contribution in [0.15, 0.2) is 39.2 Å². The van der Waals surface area contributed by atoms with Gasteiger partial charge in [-0.3, -0.25) is 4.79 Å². The fourth-order valence-electron chi connectivity index (χ4n) is 2.35. The summed E-state index contributed by atoms with van der Waals surface area (Å²) in [5.74, 6) is 1.08. The fourth-order valence-corrected chi connectivity index (χ4v) is 3.12. The molecule has 1 aromatic carbocycles. The third-order valence-electron chi connectivity index (χ3n) is 3.49. The predicted octanol–water partition coefficient (Wildman–Crippen LogP) is 3.68. The smallest absolute Gasteiger partial charge is 0.246 e. The maximum Gasteiger partial charge on any atom is 0.246 e. The van der Waals surface area contributed by atoms with Crippen LogP contribution in [0.25, 0.3) is 11.0 Å². The molecule has 2 heterocycles. The van der Waals surface area contributed by atoms with Crippen LogP contribution >= 0.6 is 11.3 Å². The molecule has 130 valence electrons. The van der Waals surface area contributed by atoms with Gasteiger partial charge in [0, 0.05) is 16.5 Å². The van der Waals surface area contributed by atoms with Gasteiger partial charge in [-0.1, -0.05) is 12.1 Å². The van der Waals surface area contributed by atoms with Crippen molar-refractivity contribution in [2.45, 2.75) is 27.2 Å². The van der Waals surface area contributed by atoms with Crippen LogP contribution in [0, 0.1) is 6.92 Å². The number of aromatic nitrogens is 1. The largest absolute Gasteiger partial charge is 0.490 e. The molecule has 0 spiro atoms. The standard InChI is InChI=1S/C18H19N3O3S/c1-4-23-14-7-5-6-13-8-15(24-18(13)14)12(3)20-21-16(22)9-17-19-11(2)10-25-17/h5-8,10H,4,9H2,1-3H3,(H,21,22)/b20-12-. The van der Waals surface area contributed by atoms with Crippen LogP contribution in [-0.4, -0.2) is 23.2 Å². The third kappa shape index (κ3) is 4.06. The molecule has 0 aliphatic carbocycles. The third-order valence-corrected chi connectivity index (χ3v) is 4.46. The Morgan fingerprint density at radius 3 is 3.00 bits per heavy atom. The molecule has 0 fully saturated rings. The van der Waals surface area contributed by atoms with Gasteiger partial charge in [0.25, 0.3) is 0 Å². The number of benzene rings is 1. The lowest BCUT2D eigenvalue weighted by molar-refractivity contribution is -0.120. The SMILES string of the molecule is CCOc1cccc2cc(/C(C)=N\NC(=O)Cc3nc(C)cs3)oc12. The monoisotopic (exact) mass is 357 g/mol. The Hall–Kier alpha value is -2.67. The molecular weight excluding hydrogens is 338 g/mol. The lowest BCUT2D eigenvalue weighted by atomic mass is 10.2. The van der Waals surface area contributed by atoms with E-state index in [0.29, 0.717) is 29.4 Å². The van der Waals surface area contributed by atoms with E-state index in [1.165, 1.54) is 11.3 Å². The van der Waals surface area contributed by atoms with Gasteiger partial charge in [0.2, 0.25) is 5.91 Å². The van der Waals surface area contributed by atoms with E-state index in [2.05, 4.69) is 15.5 Å². The number of hydrogen-bond donors (Lipinski definition) is 1. The van der Waals surface area contributed by atoms with Gasteiger partial charge in [0.05, 0.1) is 13.0 Å². The van der Waals surface area contributed by atoms with E-state index in [-0.39, 0.29) is 12.3 Å². The molecule has 1 N–H and O–H groups in total. The second kappa shape index (κ2) is 7.48. The molecule has 0 saturated heterocycles. The van der Waals surface area contributed by atoms with Crippen LogP contribution in [0.2, 0.25) is 0 Å². The van der Waals surface area contributed by atoms with Gasteiger partial charge in [-0.2, -0.15) is 5.10 Å². The summed E-state index contributed by atoms with van der Waals surface area (Å²) >= 11 is 1.46. The van der Waals surface area contributed by atoms with Crippen LogP contribution in [0.3, 0.4) is 0 Å². The van der Waals surface area contributed by atoms with Crippen molar-refractivity contribution in [3.8, 4) is 5.75 Å². The first kappa shape index (κ1) is 17.2. The Morgan fingerprint density at radius 1 is 1.44 bits per heavy atom. The highest BCUT2D eigenvalue weighted by molar-refractivity contribution is 7.09. The molecule has 0 radical (unpaired) electrons. The van der Waals surface area contributed by atoms with Crippen molar-refractivity contribution in [1.29, 1.82) is 0 Å². The average molecular weight is 357 g/mol. The normalized spacial score (nSPS) is 11.7. The number of carbonyl (C=O) groups excluding carboxylic acids is 1. The van der Waals surface area contributed by atoms with Crippen molar-refractivity contribution in [3.05, 3.63) is 46.1 Å². The fraction of sp³-hybridized carbons (Fsp3) is 0.278. The Balaban J connectivity index is 1.72. The molecule has 0 aliphatic rings. The molecule has 3 rings (SSSR count). The molecule has 0 saturated carbocycles. The number of nitrogens with one attached hydrogen (secondary N) is 1. The van der Waals surface area contributed by atoms with Crippen LogP contribution in [0.1, 0.15) is 30.3 Å². The quantitative estimate of drug-likeness (QED) is 0.539. The minimum atomic E-state index is -0.209. The van der Waals surface area contributed by atoms with E-state index in [9.17, 15) is 4.79 Å². The lowest BCUT2D eigenvalue weighted by Crippen LogP contribution is -2.21. The molecule has 6 nitrogen and oxygen atoms in total. The second-order valence-electron chi connectivity index (χ2n) is 5.51. The number of hydrazone groups is 1. The topological polar surface area (TPSA) is 76.7 Å². The van der Waals surface area contributed by atoms with E-state index in [1.807, 2.05) is 43.5 Å². The van der Waals surface area contributed by atoms with Gasteiger partial charge in [-0.25, -0.2) is 10.4 Å². The molecule has 2 aromatic heterocycles. The summed E-state index contributed by atoms with van der Waals surface area (Å²) in [7, 11) is 0. The van der Waals surface area contributed by atoms with Crippen molar-refractivity contribution in [3.63, 3.8) is 0 Å². The number of nitrogens with zero attached hydrogens (tertiary/aromatic N) is 2. The molecule has 0 unspecified atom stereocenters. The first-order chi connectivity index (χ1) is 12.1. The number of carbonyl (C=O) groups is 1. The van der Waals surface area contributed by atoms with E-state index >= 15 is 0 Å². The lowest BCUT2D eigenvalue weighted by Gasteiger charge is -2.02. The number of thiazole rings is 1. The Kier molecular flexibility index (Phi) is 5.14. The van der Waals surface area contributed by atoms with Crippen molar-refractivity contribution in [2.24, 2.45) is 5.10 Å².